The Kier molecular flexibility index (Phi) is 5.86. The molecule has 5 N–H and O–H groups in total. The molecule has 11 heteroatoms. The molecule has 3 heterocycles. The minimum atomic E-state index is -0.449. The van der Waals surface area contributed by atoms with E-state index in [1.54, 1.807) is 37.3 Å². The molecule has 0 radical (unpaired) electrons. The molecule has 0 aliphatic carbocycles. The van der Waals surface area contributed by atoms with E-state index in [1.807, 2.05) is 6.92 Å². The highest BCUT2D eigenvalue weighted by Crippen LogP contribution is 2.30. The van der Waals surface area contributed by atoms with Crippen molar-refractivity contribution in [1.82, 2.24) is 24.5 Å². The summed E-state index contributed by atoms with van der Waals surface area (Å²) in [6, 6.07) is 8.00. The molecule has 0 amide bonds. The average molecular weight is 471 g/mol. The molecule has 0 unspecified atom stereocenters. The number of benzene rings is 1. The second-order valence-electron chi connectivity index (χ2n) is 7.11. The van der Waals surface area contributed by atoms with Gasteiger partial charge in [0, 0.05) is 0 Å². The molecule has 0 spiro atoms. The van der Waals surface area contributed by atoms with Crippen molar-refractivity contribution < 1.29 is 0 Å². The molecule has 4 aromatic rings. The van der Waals surface area contributed by atoms with E-state index in [1.165, 1.54) is 10.8 Å². The van der Waals surface area contributed by atoms with Gasteiger partial charge in [-0.2, -0.15) is 0 Å². The molecule has 0 saturated heterocycles. The molecule has 0 bridgehead atoms. The van der Waals surface area contributed by atoms with E-state index in [0.717, 1.165) is 0 Å². The Morgan fingerprint density at radius 3 is 2.59 bits per heavy atom. The normalized spacial score (nSPS) is 12.1. The number of fused-ring (bicyclic) bond motifs is 1. The zero-order valence-corrected chi connectivity index (χ0v) is 18.8. The van der Waals surface area contributed by atoms with Crippen LogP contribution in [-0.2, 0) is 0 Å². The lowest BCUT2D eigenvalue weighted by Gasteiger charge is -2.23. The number of nitrogens with two attached hydrogens (primary N) is 2. The first kappa shape index (κ1) is 21.8. The molecule has 9 nitrogen and oxygen atoms in total. The summed E-state index contributed by atoms with van der Waals surface area (Å²) in [4.78, 5) is 30.9. The fourth-order valence-electron chi connectivity index (χ4n) is 3.41. The first-order valence-corrected chi connectivity index (χ1v) is 10.5. The van der Waals surface area contributed by atoms with E-state index >= 15 is 0 Å². The van der Waals surface area contributed by atoms with Crippen LogP contribution in [0.3, 0.4) is 0 Å². The third-order valence-corrected chi connectivity index (χ3v) is 5.61. The summed E-state index contributed by atoms with van der Waals surface area (Å²) in [6.07, 6.45) is 2.07. The number of nitrogens with zero attached hydrogens (tertiary/aromatic N) is 5. The molecular formula is C21H20Cl2N8O. The Hall–Kier alpha value is -3.43. The quantitative estimate of drug-likeness (QED) is 0.398. The number of nitrogen functional groups attached to an aromatic ring is 2. The summed E-state index contributed by atoms with van der Waals surface area (Å²) < 4.78 is 1.47. The van der Waals surface area contributed by atoms with Crippen molar-refractivity contribution in [2.45, 2.75) is 26.3 Å². The third kappa shape index (κ3) is 3.92. The number of halogens is 2. The van der Waals surface area contributed by atoms with Crippen LogP contribution in [0, 0.1) is 6.92 Å². The molecule has 1 aromatic carbocycles. The minimum Gasteiger partial charge on any atom is -0.384 e. The highest BCUT2D eigenvalue weighted by molar-refractivity contribution is 6.35. The lowest BCUT2D eigenvalue weighted by atomic mass is 10.1. The van der Waals surface area contributed by atoms with Gasteiger partial charge in [0.2, 0.25) is 0 Å². The number of hydrogen-bond donors (Lipinski definition) is 3. The predicted molar refractivity (Wildman–Crippen MR) is 127 cm³/mol. The fourth-order valence-corrected chi connectivity index (χ4v) is 3.80. The molecular weight excluding hydrogens is 451 g/mol. The van der Waals surface area contributed by atoms with E-state index < -0.39 is 6.04 Å². The van der Waals surface area contributed by atoms with Crippen molar-refractivity contribution in [3.05, 3.63) is 68.6 Å². The highest BCUT2D eigenvalue weighted by atomic mass is 35.5. The molecule has 4 rings (SSSR count). The van der Waals surface area contributed by atoms with Gasteiger partial charge in [-0.1, -0.05) is 36.2 Å². The Morgan fingerprint density at radius 1 is 1.12 bits per heavy atom. The van der Waals surface area contributed by atoms with E-state index in [2.05, 4.69) is 20.3 Å². The Bertz CT molecular complexity index is 1370. The standard InChI is InChI=1S/C21H20Cl2N8O/c1-3-13(29-19-17(23)18(25)27-10(2)28-19)20-30-14-6-4-5-12(22)16(14)21(32)31(20)11-7-8-15(24)26-9-11/h4-9,13H,3H2,1-2H3,(H2,24,26)(H3,25,27,28,29)/t13-/m0/s1. The number of nitrogens with one attached hydrogen (secondary N) is 1. The van der Waals surface area contributed by atoms with E-state index in [-0.39, 0.29) is 16.4 Å². The number of rotatable bonds is 5. The van der Waals surface area contributed by atoms with Crippen LogP contribution in [-0.4, -0.2) is 24.5 Å². The van der Waals surface area contributed by atoms with Crippen molar-refractivity contribution >= 4 is 51.6 Å². The van der Waals surface area contributed by atoms with Crippen molar-refractivity contribution in [1.29, 1.82) is 0 Å². The van der Waals surface area contributed by atoms with Gasteiger partial charge in [0.05, 0.1) is 33.9 Å². The van der Waals surface area contributed by atoms with Gasteiger partial charge in [0.1, 0.15) is 28.3 Å². The lowest BCUT2D eigenvalue weighted by molar-refractivity contribution is 0.657. The number of pyridine rings is 1. The average Bonchev–Trinajstić information content (AvgIpc) is 2.76. The fraction of sp³-hybridized carbons (Fsp3) is 0.190. The summed E-state index contributed by atoms with van der Waals surface area (Å²) in [5.41, 5.74) is 12.3. The van der Waals surface area contributed by atoms with Gasteiger partial charge in [-0.15, -0.1) is 0 Å². The van der Waals surface area contributed by atoms with Crippen LogP contribution < -0.4 is 22.3 Å². The lowest BCUT2D eigenvalue weighted by Crippen LogP contribution is -2.28. The van der Waals surface area contributed by atoms with Gasteiger partial charge in [-0.3, -0.25) is 9.36 Å². The molecule has 0 aliphatic rings. The number of hydrogen-bond acceptors (Lipinski definition) is 8. The first-order valence-electron chi connectivity index (χ1n) is 9.79. The second-order valence-corrected chi connectivity index (χ2v) is 7.89. The van der Waals surface area contributed by atoms with Gasteiger partial charge in [-0.25, -0.2) is 19.9 Å². The summed E-state index contributed by atoms with van der Waals surface area (Å²) in [5, 5.41) is 4.08. The van der Waals surface area contributed by atoms with Gasteiger partial charge in [0.25, 0.3) is 5.56 Å². The Labute approximate surface area is 193 Å². The monoisotopic (exact) mass is 470 g/mol. The van der Waals surface area contributed by atoms with Gasteiger partial charge in [0.15, 0.2) is 5.82 Å². The number of aromatic nitrogens is 5. The van der Waals surface area contributed by atoms with Gasteiger partial charge >= 0.3 is 0 Å². The molecule has 1 atom stereocenters. The predicted octanol–water partition coefficient (Wildman–Crippen LogP) is 3.91. The Morgan fingerprint density at radius 2 is 1.91 bits per heavy atom. The smallest absolute Gasteiger partial charge is 0.267 e. The second kappa shape index (κ2) is 8.60. The van der Waals surface area contributed by atoms with Crippen LogP contribution >= 0.6 is 23.2 Å². The van der Waals surface area contributed by atoms with Crippen LogP contribution in [0.5, 0.6) is 0 Å². The maximum absolute atomic E-state index is 13.6. The van der Waals surface area contributed by atoms with Crippen LogP contribution in [0.4, 0.5) is 17.5 Å². The molecule has 3 aromatic heterocycles. The van der Waals surface area contributed by atoms with Gasteiger partial charge < -0.3 is 16.8 Å². The Balaban J connectivity index is 1.96. The van der Waals surface area contributed by atoms with Crippen molar-refractivity contribution in [3.63, 3.8) is 0 Å². The molecule has 32 heavy (non-hydrogen) atoms. The molecule has 0 aliphatic heterocycles. The number of anilines is 3. The van der Waals surface area contributed by atoms with E-state index in [9.17, 15) is 4.79 Å². The molecule has 0 saturated carbocycles. The molecule has 164 valence electrons. The maximum atomic E-state index is 13.6. The van der Waals surface area contributed by atoms with E-state index in [0.29, 0.717) is 51.3 Å². The highest BCUT2D eigenvalue weighted by Gasteiger charge is 2.23. The van der Waals surface area contributed by atoms with Gasteiger partial charge in [-0.05, 0) is 37.6 Å². The topological polar surface area (TPSA) is 138 Å². The van der Waals surface area contributed by atoms with Crippen LogP contribution in [0.25, 0.3) is 16.6 Å². The number of aryl methyl sites for hydroxylation is 1. The van der Waals surface area contributed by atoms with Crippen molar-refractivity contribution in [3.8, 4) is 5.69 Å². The SMILES string of the molecule is CC[C@H](Nc1nc(C)nc(N)c1Cl)c1nc2cccc(Cl)c2c(=O)n1-c1ccc(N)nc1. The summed E-state index contributed by atoms with van der Waals surface area (Å²) in [6.45, 7) is 3.66. The van der Waals surface area contributed by atoms with Crippen LogP contribution in [0.15, 0.2) is 41.3 Å². The zero-order valence-electron chi connectivity index (χ0n) is 17.3. The maximum Gasteiger partial charge on any atom is 0.267 e. The zero-order chi connectivity index (χ0) is 23.0. The van der Waals surface area contributed by atoms with Crippen LogP contribution in [0.2, 0.25) is 10.0 Å². The molecule has 0 fully saturated rings. The van der Waals surface area contributed by atoms with Crippen molar-refractivity contribution in [2.75, 3.05) is 16.8 Å². The summed E-state index contributed by atoms with van der Waals surface area (Å²) in [5.74, 6) is 1.74. The summed E-state index contributed by atoms with van der Waals surface area (Å²) >= 11 is 12.7. The minimum absolute atomic E-state index is 0.162. The first-order chi connectivity index (χ1) is 15.3. The largest absolute Gasteiger partial charge is 0.384 e. The van der Waals surface area contributed by atoms with Crippen LogP contribution in [0.1, 0.15) is 31.0 Å². The van der Waals surface area contributed by atoms with E-state index in [4.69, 9.17) is 39.7 Å². The summed E-state index contributed by atoms with van der Waals surface area (Å²) in [7, 11) is 0. The van der Waals surface area contributed by atoms with Crippen molar-refractivity contribution in [2.24, 2.45) is 0 Å². The third-order valence-electron chi connectivity index (χ3n) is 4.92.